The second-order valence-corrected chi connectivity index (χ2v) is 9.96. The van der Waals surface area contributed by atoms with Crippen LogP contribution < -0.4 is 14.5 Å². The molecule has 0 saturated carbocycles. The van der Waals surface area contributed by atoms with Crippen molar-refractivity contribution < 1.29 is 24.1 Å². The number of aromatic nitrogens is 5. The first-order chi connectivity index (χ1) is 19.0. The Morgan fingerprint density at radius 1 is 1.21 bits per heavy atom. The molecule has 1 aliphatic heterocycles. The van der Waals surface area contributed by atoms with Gasteiger partial charge in [-0.15, -0.1) is 11.3 Å². The van der Waals surface area contributed by atoms with E-state index in [1.807, 2.05) is 24.2 Å². The lowest BCUT2D eigenvalue weighted by Crippen LogP contribution is -2.39. The van der Waals surface area contributed by atoms with Crippen LogP contribution in [0.25, 0.3) is 10.2 Å². The normalized spacial score (nSPS) is 15.4. The number of anilines is 2. The molecule has 1 fully saturated rings. The molecule has 13 heteroatoms. The van der Waals surface area contributed by atoms with Crippen LogP contribution in [0.2, 0.25) is 0 Å². The molecule has 5 rings (SSSR count). The minimum Gasteiger partial charge on any atom is -0.475 e. The Morgan fingerprint density at radius 3 is 2.79 bits per heavy atom. The van der Waals surface area contributed by atoms with Gasteiger partial charge in [-0.25, -0.2) is 29.7 Å². The minimum atomic E-state index is -0.435. The number of carbonyl (C=O) groups is 1. The quantitative estimate of drug-likeness (QED) is 0.290. The van der Waals surface area contributed by atoms with Crippen LogP contribution in [0.5, 0.6) is 5.88 Å². The first-order valence-corrected chi connectivity index (χ1v) is 13.4. The highest BCUT2D eigenvalue weighted by molar-refractivity contribution is 7.19. The molecule has 5 heterocycles. The van der Waals surface area contributed by atoms with E-state index in [-0.39, 0.29) is 19.3 Å². The standard InChI is InChI=1S/C26H29N7O5S/c1-3-36-24(35)18-12-28-25(29-13-18)32(2)15-19-10-20-22(39-19)14-30-26(31-20)33-6-8-37-21(16-33)17-4-5-23(27-11-17)38-9-7-34/h4-5,10-14,21,34H,3,6-9,15-16H2,1-2H3. The van der Waals surface area contributed by atoms with Gasteiger partial charge in [-0.05, 0) is 19.1 Å². The molecule has 1 atom stereocenters. The summed E-state index contributed by atoms with van der Waals surface area (Å²) >= 11 is 1.62. The summed E-state index contributed by atoms with van der Waals surface area (Å²) in [4.78, 5) is 39.3. The molecule has 4 aromatic heterocycles. The fourth-order valence-electron chi connectivity index (χ4n) is 4.10. The fourth-order valence-corrected chi connectivity index (χ4v) is 5.13. The van der Waals surface area contributed by atoms with Crippen LogP contribution in [0.4, 0.5) is 11.9 Å². The molecule has 0 amide bonds. The summed E-state index contributed by atoms with van der Waals surface area (Å²) in [5.41, 5.74) is 2.14. The number of carbonyl (C=O) groups excluding carboxylic acids is 1. The van der Waals surface area contributed by atoms with Crippen molar-refractivity contribution in [3.63, 3.8) is 0 Å². The van der Waals surface area contributed by atoms with Crippen molar-refractivity contribution in [2.24, 2.45) is 0 Å². The summed E-state index contributed by atoms with van der Waals surface area (Å²) in [7, 11) is 1.90. The van der Waals surface area contributed by atoms with Gasteiger partial charge in [0, 0.05) is 48.7 Å². The molecular weight excluding hydrogens is 522 g/mol. The lowest BCUT2D eigenvalue weighted by atomic mass is 10.1. The van der Waals surface area contributed by atoms with Gasteiger partial charge in [-0.2, -0.15) is 0 Å². The highest BCUT2D eigenvalue weighted by Crippen LogP contribution is 2.29. The van der Waals surface area contributed by atoms with Crippen LogP contribution >= 0.6 is 11.3 Å². The van der Waals surface area contributed by atoms with Gasteiger partial charge in [-0.1, -0.05) is 0 Å². The van der Waals surface area contributed by atoms with Crippen molar-refractivity contribution in [3.8, 4) is 5.88 Å². The summed E-state index contributed by atoms with van der Waals surface area (Å²) in [6.07, 6.45) is 6.38. The molecule has 4 aromatic rings. The number of aliphatic hydroxyl groups is 1. The van der Waals surface area contributed by atoms with Crippen molar-refractivity contribution in [1.82, 2.24) is 24.9 Å². The molecule has 0 spiro atoms. The van der Waals surface area contributed by atoms with Gasteiger partial charge in [-0.3, -0.25) is 0 Å². The Balaban J connectivity index is 1.24. The number of esters is 1. The van der Waals surface area contributed by atoms with Gasteiger partial charge in [0.25, 0.3) is 0 Å². The average molecular weight is 552 g/mol. The van der Waals surface area contributed by atoms with Gasteiger partial charge in [0.05, 0.1) is 54.9 Å². The molecule has 1 unspecified atom stereocenters. The maximum absolute atomic E-state index is 11.8. The second-order valence-electron chi connectivity index (χ2n) is 8.79. The first-order valence-electron chi connectivity index (χ1n) is 12.6. The van der Waals surface area contributed by atoms with Crippen molar-refractivity contribution in [3.05, 3.63) is 59.0 Å². The summed E-state index contributed by atoms with van der Waals surface area (Å²) in [5.74, 6) is 1.19. The van der Waals surface area contributed by atoms with E-state index in [0.29, 0.717) is 56.2 Å². The lowest BCUT2D eigenvalue weighted by molar-refractivity contribution is 0.0389. The molecule has 12 nitrogen and oxygen atoms in total. The molecule has 0 radical (unpaired) electrons. The number of nitrogens with zero attached hydrogens (tertiary/aromatic N) is 7. The highest BCUT2D eigenvalue weighted by Gasteiger charge is 2.24. The summed E-state index contributed by atoms with van der Waals surface area (Å²) in [5, 5.41) is 8.90. The maximum Gasteiger partial charge on any atom is 0.341 e. The lowest BCUT2D eigenvalue weighted by Gasteiger charge is -2.33. The number of aliphatic hydroxyl groups excluding tert-OH is 1. The van der Waals surface area contributed by atoms with E-state index in [9.17, 15) is 4.79 Å². The van der Waals surface area contributed by atoms with Gasteiger partial charge < -0.3 is 29.1 Å². The first kappa shape index (κ1) is 26.7. The van der Waals surface area contributed by atoms with E-state index in [0.717, 1.165) is 20.7 Å². The molecule has 1 aliphatic rings. The van der Waals surface area contributed by atoms with E-state index < -0.39 is 5.97 Å². The number of morpholine rings is 1. The molecular formula is C26H29N7O5S. The number of ether oxygens (including phenoxy) is 3. The van der Waals surface area contributed by atoms with Crippen molar-refractivity contribution in [1.29, 1.82) is 0 Å². The van der Waals surface area contributed by atoms with Crippen molar-refractivity contribution in [2.45, 2.75) is 19.6 Å². The Bertz CT molecular complexity index is 1400. The number of thiophene rings is 1. The summed E-state index contributed by atoms with van der Waals surface area (Å²) in [6.45, 7) is 4.62. The van der Waals surface area contributed by atoms with Crippen LogP contribution in [-0.2, 0) is 16.0 Å². The second kappa shape index (κ2) is 12.3. The maximum atomic E-state index is 11.8. The molecule has 1 saturated heterocycles. The van der Waals surface area contributed by atoms with Gasteiger partial charge >= 0.3 is 5.97 Å². The van der Waals surface area contributed by atoms with E-state index in [2.05, 4.69) is 30.9 Å². The largest absolute Gasteiger partial charge is 0.475 e. The molecule has 39 heavy (non-hydrogen) atoms. The molecule has 0 bridgehead atoms. The van der Waals surface area contributed by atoms with E-state index in [4.69, 9.17) is 24.3 Å². The van der Waals surface area contributed by atoms with Crippen molar-refractivity contribution in [2.75, 3.05) is 56.4 Å². The third-order valence-electron chi connectivity index (χ3n) is 6.01. The smallest absolute Gasteiger partial charge is 0.341 e. The predicted octanol–water partition coefficient (Wildman–Crippen LogP) is 2.64. The average Bonchev–Trinajstić information content (AvgIpc) is 3.38. The fraction of sp³-hybridized carbons (Fsp3) is 0.385. The molecule has 0 aromatic carbocycles. The minimum absolute atomic E-state index is 0.0580. The molecule has 204 valence electrons. The van der Waals surface area contributed by atoms with Crippen LogP contribution in [0.1, 0.15) is 33.8 Å². The summed E-state index contributed by atoms with van der Waals surface area (Å²) < 4.78 is 17.3. The number of fused-ring (bicyclic) bond motifs is 1. The number of hydrogen-bond acceptors (Lipinski definition) is 13. The number of pyridine rings is 1. The van der Waals surface area contributed by atoms with Crippen LogP contribution in [0.15, 0.2) is 43.0 Å². The number of rotatable bonds is 10. The monoisotopic (exact) mass is 551 g/mol. The highest BCUT2D eigenvalue weighted by atomic mass is 32.1. The van der Waals surface area contributed by atoms with E-state index in [1.54, 1.807) is 30.5 Å². The van der Waals surface area contributed by atoms with Gasteiger partial charge in [0.2, 0.25) is 17.8 Å². The Labute approximate surface area is 229 Å². The van der Waals surface area contributed by atoms with Gasteiger partial charge in [0.15, 0.2) is 0 Å². The summed E-state index contributed by atoms with van der Waals surface area (Å²) in [6, 6.07) is 5.76. The van der Waals surface area contributed by atoms with E-state index in [1.165, 1.54) is 12.4 Å². The topological polar surface area (TPSA) is 136 Å². The zero-order chi connectivity index (χ0) is 27.2. The Hall–Kier alpha value is -3.94. The van der Waals surface area contributed by atoms with Crippen LogP contribution in [0, 0.1) is 0 Å². The third kappa shape index (κ3) is 6.38. The molecule has 0 aliphatic carbocycles. The zero-order valence-electron chi connectivity index (χ0n) is 21.7. The van der Waals surface area contributed by atoms with Gasteiger partial charge in [0.1, 0.15) is 12.7 Å². The zero-order valence-corrected chi connectivity index (χ0v) is 22.5. The molecule has 1 N–H and O–H groups in total. The number of hydrogen-bond donors (Lipinski definition) is 1. The Morgan fingerprint density at radius 2 is 2.05 bits per heavy atom. The van der Waals surface area contributed by atoms with Crippen LogP contribution in [-0.4, -0.2) is 82.6 Å². The van der Waals surface area contributed by atoms with Crippen molar-refractivity contribution >= 4 is 39.4 Å². The Kier molecular flexibility index (Phi) is 8.39. The predicted molar refractivity (Wildman–Crippen MR) is 145 cm³/mol. The van der Waals surface area contributed by atoms with E-state index >= 15 is 0 Å². The van der Waals surface area contributed by atoms with Crippen LogP contribution in [0.3, 0.4) is 0 Å². The SMILES string of the molecule is CCOC(=O)c1cnc(N(C)Cc2cc3nc(N4CCOC(c5ccc(OCCO)nc5)C4)ncc3s2)nc1. The third-order valence-corrected chi connectivity index (χ3v) is 7.06.